The van der Waals surface area contributed by atoms with Gasteiger partial charge in [-0.2, -0.15) is 5.10 Å². The highest BCUT2D eigenvalue weighted by Gasteiger charge is 2.14. The molecule has 0 amide bonds. The highest BCUT2D eigenvalue weighted by molar-refractivity contribution is 5.06. The lowest BCUT2D eigenvalue weighted by atomic mass is 10.0. The predicted octanol–water partition coefficient (Wildman–Crippen LogP) is 1.22. The minimum Gasteiger partial charge on any atom is -0.390 e. The molecule has 0 fully saturated rings. The Hall–Kier alpha value is -0.830. The summed E-state index contributed by atoms with van der Waals surface area (Å²) in [7, 11) is 0. The Bertz CT molecular complexity index is 247. The second kappa shape index (κ2) is 3.27. The second-order valence-electron chi connectivity index (χ2n) is 3.69. The standard InChI is InChI=1S/C9H16N2O/c1-4-11-7-8(6-10-11)5-9(2,3)12/h6-7,12H,4-5H2,1-3H3. The van der Waals surface area contributed by atoms with Gasteiger partial charge in [0.15, 0.2) is 0 Å². The van der Waals surface area contributed by atoms with Crippen LogP contribution in [0.3, 0.4) is 0 Å². The molecule has 1 N–H and O–H groups in total. The van der Waals surface area contributed by atoms with Crippen molar-refractivity contribution >= 4 is 0 Å². The van der Waals surface area contributed by atoms with Gasteiger partial charge in [0, 0.05) is 19.2 Å². The SMILES string of the molecule is CCn1cc(CC(C)(C)O)cn1. The number of aryl methyl sites for hydroxylation is 1. The van der Waals surface area contributed by atoms with Crippen LogP contribution in [0.15, 0.2) is 12.4 Å². The summed E-state index contributed by atoms with van der Waals surface area (Å²) in [6.45, 7) is 6.53. The van der Waals surface area contributed by atoms with E-state index in [1.54, 1.807) is 13.8 Å². The third-order valence-corrected chi connectivity index (χ3v) is 1.65. The molecule has 0 atom stereocenters. The molecule has 1 heterocycles. The van der Waals surface area contributed by atoms with Crippen LogP contribution in [-0.2, 0) is 13.0 Å². The maximum Gasteiger partial charge on any atom is 0.0633 e. The molecule has 1 aromatic rings. The van der Waals surface area contributed by atoms with Crippen LogP contribution in [0.5, 0.6) is 0 Å². The van der Waals surface area contributed by atoms with Gasteiger partial charge in [-0.05, 0) is 26.3 Å². The van der Waals surface area contributed by atoms with Crippen molar-refractivity contribution in [2.24, 2.45) is 0 Å². The summed E-state index contributed by atoms with van der Waals surface area (Å²) in [5.41, 5.74) is 0.450. The minimum atomic E-state index is -0.637. The molecule has 0 spiro atoms. The summed E-state index contributed by atoms with van der Waals surface area (Å²) in [6.07, 6.45) is 4.44. The van der Waals surface area contributed by atoms with Gasteiger partial charge in [-0.3, -0.25) is 4.68 Å². The average Bonchev–Trinajstić information content (AvgIpc) is 2.32. The first kappa shape index (κ1) is 9.26. The van der Waals surface area contributed by atoms with Gasteiger partial charge in [-0.15, -0.1) is 0 Å². The molecular weight excluding hydrogens is 152 g/mol. The summed E-state index contributed by atoms with van der Waals surface area (Å²) in [6, 6.07) is 0. The number of aliphatic hydroxyl groups is 1. The van der Waals surface area contributed by atoms with E-state index in [4.69, 9.17) is 0 Å². The van der Waals surface area contributed by atoms with Gasteiger partial charge in [-0.1, -0.05) is 0 Å². The topological polar surface area (TPSA) is 38.0 Å². The Morgan fingerprint density at radius 3 is 2.67 bits per heavy atom. The fourth-order valence-electron chi connectivity index (χ4n) is 1.17. The van der Waals surface area contributed by atoms with Crippen molar-refractivity contribution in [2.75, 3.05) is 0 Å². The van der Waals surface area contributed by atoms with E-state index in [9.17, 15) is 5.11 Å². The molecule has 3 nitrogen and oxygen atoms in total. The van der Waals surface area contributed by atoms with Crippen LogP contribution in [0.1, 0.15) is 26.3 Å². The van der Waals surface area contributed by atoms with Crippen LogP contribution in [-0.4, -0.2) is 20.5 Å². The van der Waals surface area contributed by atoms with E-state index in [0.29, 0.717) is 6.42 Å². The van der Waals surface area contributed by atoms with E-state index in [2.05, 4.69) is 5.10 Å². The minimum absolute atomic E-state index is 0.637. The van der Waals surface area contributed by atoms with Crippen molar-refractivity contribution in [3.63, 3.8) is 0 Å². The van der Waals surface area contributed by atoms with Crippen LogP contribution < -0.4 is 0 Å². The lowest BCUT2D eigenvalue weighted by Gasteiger charge is -2.14. The molecule has 0 unspecified atom stereocenters. The van der Waals surface area contributed by atoms with Crippen LogP contribution >= 0.6 is 0 Å². The van der Waals surface area contributed by atoms with Crippen molar-refractivity contribution in [1.82, 2.24) is 9.78 Å². The third-order valence-electron chi connectivity index (χ3n) is 1.65. The quantitative estimate of drug-likeness (QED) is 0.736. The lowest BCUT2D eigenvalue weighted by Crippen LogP contribution is -2.21. The number of hydrogen-bond acceptors (Lipinski definition) is 2. The molecule has 0 aliphatic carbocycles. The summed E-state index contributed by atoms with van der Waals surface area (Å²) in [5, 5.41) is 13.6. The number of aromatic nitrogens is 2. The molecular formula is C9H16N2O. The highest BCUT2D eigenvalue weighted by atomic mass is 16.3. The van der Waals surface area contributed by atoms with Gasteiger partial charge >= 0.3 is 0 Å². The van der Waals surface area contributed by atoms with Gasteiger partial charge in [0.25, 0.3) is 0 Å². The summed E-state index contributed by atoms with van der Waals surface area (Å²) < 4.78 is 1.86. The Kier molecular flexibility index (Phi) is 2.52. The average molecular weight is 168 g/mol. The molecule has 3 heteroatoms. The van der Waals surface area contributed by atoms with Crippen molar-refractivity contribution < 1.29 is 5.11 Å². The molecule has 0 bridgehead atoms. The molecule has 0 saturated carbocycles. The largest absolute Gasteiger partial charge is 0.390 e. The summed E-state index contributed by atoms with van der Waals surface area (Å²) >= 11 is 0. The van der Waals surface area contributed by atoms with Gasteiger partial charge < -0.3 is 5.11 Å². The van der Waals surface area contributed by atoms with E-state index < -0.39 is 5.60 Å². The number of nitrogens with zero attached hydrogens (tertiary/aromatic N) is 2. The highest BCUT2D eigenvalue weighted by Crippen LogP contribution is 2.10. The summed E-state index contributed by atoms with van der Waals surface area (Å²) in [4.78, 5) is 0. The Balaban J connectivity index is 2.64. The first-order valence-corrected chi connectivity index (χ1v) is 4.25. The van der Waals surface area contributed by atoms with Crippen LogP contribution in [0, 0.1) is 0 Å². The van der Waals surface area contributed by atoms with E-state index in [1.165, 1.54) is 0 Å². The second-order valence-corrected chi connectivity index (χ2v) is 3.69. The van der Waals surface area contributed by atoms with Gasteiger partial charge in [0.2, 0.25) is 0 Å². The third kappa shape index (κ3) is 2.66. The van der Waals surface area contributed by atoms with Crippen LogP contribution in [0.2, 0.25) is 0 Å². The molecule has 0 aromatic carbocycles. The van der Waals surface area contributed by atoms with E-state index in [0.717, 1.165) is 12.1 Å². The van der Waals surface area contributed by atoms with Crippen molar-refractivity contribution in [1.29, 1.82) is 0 Å². The molecule has 12 heavy (non-hydrogen) atoms. The maximum atomic E-state index is 9.52. The van der Waals surface area contributed by atoms with Crippen LogP contribution in [0.4, 0.5) is 0 Å². The maximum absolute atomic E-state index is 9.52. The molecule has 0 aliphatic heterocycles. The monoisotopic (exact) mass is 168 g/mol. The van der Waals surface area contributed by atoms with Crippen molar-refractivity contribution in [3.8, 4) is 0 Å². The molecule has 0 aliphatic rings. The lowest BCUT2D eigenvalue weighted by molar-refractivity contribution is 0.0810. The Morgan fingerprint density at radius 2 is 2.25 bits per heavy atom. The number of hydrogen-bond donors (Lipinski definition) is 1. The number of rotatable bonds is 3. The smallest absolute Gasteiger partial charge is 0.0633 e. The van der Waals surface area contributed by atoms with Crippen molar-refractivity contribution in [2.45, 2.75) is 39.3 Å². The molecule has 1 aromatic heterocycles. The Morgan fingerprint density at radius 1 is 1.58 bits per heavy atom. The fraction of sp³-hybridized carbons (Fsp3) is 0.667. The molecule has 0 saturated heterocycles. The summed E-state index contributed by atoms with van der Waals surface area (Å²) in [5.74, 6) is 0. The van der Waals surface area contributed by atoms with Gasteiger partial charge in [0.1, 0.15) is 0 Å². The van der Waals surface area contributed by atoms with E-state index in [-0.39, 0.29) is 0 Å². The molecule has 1 rings (SSSR count). The predicted molar refractivity (Wildman–Crippen MR) is 47.9 cm³/mol. The Labute approximate surface area is 73.0 Å². The van der Waals surface area contributed by atoms with Crippen molar-refractivity contribution in [3.05, 3.63) is 18.0 Å². The van der Waals surface area contributed by atoms with Gasteiger partial charge in [0.05, 0.1) is 11.8 Å². The molecule has 0 radical (unpaired) electrons. The van der Waals surface area contributed by atoms with Gasteiger partial charge in [-0.25, -0.2) is 0 Å². The van der Waals surface area contributed by atoms with E-state index in [1.807, 2.05) is 24.0 Å². The normalized spacial score (nSPS) is 12.0. The zero-order valence-electron chi connectivity index (χ0n) is 7.91. The first-order valence-electron chi connectivity index (χ1n) is 4.25. The van der Waals surface area contributed by atoms with E-state index >= 15 is 0 Å². The zero-order valence-corrected chi connectivity index (χ0v) is 7.91. The molecule has 68 valence electrons. The first-order chi connectivity index (χ1) is 5.51. The zero-order chi connectivity index (χ0) is 9.19. The van der Waals surface area contributed by atoms with Crippen LogP contribution in [0.25, 0.3) is 0 Å². The fourth-order valence-corrected chi connectivity index (χ4v) is 1.17.